The van der Waals surface area contributed by atoms with E-state index in [4.69, 9.17) is 4.74 Å². The third-order valence-corrected chi connectivity index (χ3v) is 1.84. The average Bonchev–Trinajstić information content (AvgIpc) is 2.67. The maximum absolute atomic E-state index is 11.4. The van der Waals surface area contributed by atoms with Crippen molar-refractivity contribution in [3.05, 3.63) is 24.2 Å². The number of hydrogen-bond donors (Lipinski definition) is 1. The zero-order chi connectivity index (χ0) is 10.8. The van der Waals surface area contributed by atoms with Crippen molar-refractivity contribution in [2.45, 2.75) is 6.92 Å². The first-order chi connectivity index (χ1) is 7.24. The molecule has 7 heteroatoms. The fraction of sp³-hybridized carbons (Fsp3) is 0.222. The van der Waals surface area contributed by atoms with Crippen molar-refractivity contribution in [2.75, 3.05) is 6.61 Å². The summed E-state index contributed by atoms with van der Waals surface area (Å²) in [6.45, 7) is 1.92. The van der Waals surface area contributed by atoms with Crippen LogP contribution in [0.25, 0.3) is 5.65 Å². The number of ether oxygens (including phenoxy) is 1. The summed E-state index contributed by atoms with van der Waals surface area (Å²) in [4.78, 5) is 15.1. The van der Waals surface area contributed by atoms with Crippen molar-refractivity contribution in [1.29, 1.82) is 0 Å². The second-order valence-corrected chi connectivity index (χ2v) is 2.77. The first-order valence-corrected chi connectivity index (χ1v) is 4.34. The number of fused-ring (bicyclic) bond motifs is 1. The molecule has 0 aliphatic rings. The summed E-state index contributed by atoms with van der Waals surface area (Å²) in [6, 6.07) is 0. The summed E-state index contributed by atoms with van der Waals surface area (Å²) in [5.74, 6) is -0.863. The van der Waals surface area contributed by atoms with E-state index in [1.54, 1.807) is 6.92 Å². The second kappa shape index (κ2) is 3.95. The van der Waals surface area contributed by atoms with E-state index >= 15 is 0 Å². The van der Waals surface area contributed by atoms with Crippen molar-refractivity contribution in [2.24, 2.45) is 0 Å². The zero-order valence-electron chi connectivity index (χ0n) is 8.67. The summed E-state index contributed by atoms with van der Waals surface area (Å²) >= 11 is 0. The summed E-state index contributed by atoms with van der Waals surface area (Å²) in [7, 11) is 0. The first kappa shape index (κ1) is 11.0. The van der Waals surface area contributed by atoms with E-state index in [0.29, 0.717) is 0 Å². The van der Waals surface area contributed by atoms with E-state index in [1.807, 2.05) is 0 Å². The van der Waals surface area contributed by atoms with Crippen LogP contribution in [-0.4, -0.2) is 32.3 Å². The molecule has 0 bridgehead atoms. The zero-order valence-corrected chi connectivity index (χ0v) is 15.1. The number of carbonyl (C=O) groups excluding carboxylic acids is 1. The summed E-state index contributed by atoms with van der Waals surface area (Å²) < 4.78 is 6.07. The number of hydrogen-bond acceptors (Lipinski definition) is 5. The minimum atomic E-state index is -0.618. The minimum absolute atomic E-state index is 0. The number of esters is 1. The molecule has 0 fully saturated rings. The van der Waals surface area contributed by atoms with E-state index in [9.17, 15) is 9.90 Å². The predicted molar refractivity (Wildman–Crippen MR) is 49.4 cm³/mol. The third-order valence-electron chi connectivity index (χ3n) is 1.84. The Morgan fingerprint density at radius 1 is 1.69 bits per heavy atom. The molecule has 80 valence electrons. The van der Waals surface area contributed by atoms with Gasteiger partial charge in [-0.3, -0.25) is 0 Å². The monoisotopic (exact) mass is 473 g/mol. The van der Waals surface area contributed by atoms with Crippen LogP contribution >= 0.6 is 0 Å². The van der Waals surface area contributed by atoms with Crippen molar-refractivity contribution >= 4 is 11.6 Å². The second-order valence-electron chi connectivity index (χ2n) is 2.77. The van der Waals surface area contributed by atoms with Crippen LogP contribution in [0.4, 0.5) is 0 Å². The van der Waals surface area contributed by atoms with Crippen LogP contribution in [0.5, 0.6) is 5.75 Å². The largest absolute Gasteiger partial charge is 0.522 e. The smallest absolute Gasteiger partial charge is 0.342 e. The molecule has 0 aliphatic heterocycles. The SMILES string of the molecule is CCOC(=O)c1cnn2c[c-]nc2c1O.[Rf]. The molecule has 0 atom stereocenters. The van der Waals surface area contributed by atoms with Crippen molar-refractivity contribution < 1.29 is 14.6 Å². The summed E-state index contributed by atoms with van der Waals surface area (Å²) in [5.41, 5.74) is 0.185. The maximum Gasteiger partial charge on any atom is 0.342 e. The Labute approximate surface area is 85.1 Å². The molecule has 0 saturated carbocycles. The van der Waals surface area contributed by atoms with Crippen molar-refractivity contribution in [1.82, 2.24) is 14.6 Å². The van der Waals surface area contributed by atoms with Crippen molar-refractivity contribution in [3.63, 3.8) is 0 Å². The molecule has 0 amide bonds. The molecule has 0 spiro atoms. The Balaban J connectivity index is 0.00000128. The van der Waals surface area contributed by atoms with E-state index in [2.05, 4.69) is 16.3 Å². The van der Waals surface area contributed by atoms with Gasteiger partial charge < -0.3 is 19.3 Å². The van der Waals surface area contributed by atoms with Gasteiger partial charge in [-0.15, -0.1) is 6.20 Å². The maximum atomic E-state index is 11.4. The van der Waals surface area contributed by atoms with Gasteiger partial charge in [-0.05, 0) is 6.92 Å². The molecular formula is C9H8N3O3Rf-. The molecule has 0 aliphatic carbocycles. The van der Waals surface area contributed by atoms with E-state index in [1.165, 1.54) is 16.9 Å². The van der Waals surface area contributed by atoms with Gasteiger partial charge in [-0.25, -0.2) is 4.79 Å². The molecule has 2 aromatic rings. The number of aromatic hydroxyl groups is 1. The van der Waals surface area contributed by atoms with Gasteiger partial charge in [0.2, 0.25) is 0 Å². The average molecular weight is 473 g/mol. The van der Waals surface area contributed by atoms with Crippen LogP contribution in [0.1, 0.15) is 17.3 Å². The van der Waals surface area contributed by atoms with Crippen LogP contribution < -0.4 is 0 Å². The molecular weight excluding hydrogens is 465 g/mol. The van der Waals surface area contributed by atoms with Gasteiger partial charge in [-0.1, -0.05) is 6.20 Å². The molecule has 1 N–H and O–H groups in total. The Hall–Kier alpha value is -3.11. The number of rotatable bonds is 2. The Morgan fingerprint density at radius 2 is 2.44 bits per heavy atom. The molecule has 0 aromatic carbocycles. The molecule has 2 aromatic heterocycles. The van der Waals surface area contributed by atoms with E-state index in [0.717, 1.165) is 0 Å². The van der Waals surface area contributed by atoms with Crippen LogP contribution in [-0.2, 0) is 4.74 Å². The molecule has 0 radical (unpaired) electrons. The van der Waals surface area contributed by atoms with Gasteiger partial charge in [0.1, 0.15) is 5.56 Å². The topological polar surface area (TPSA) is 76.7 Å². The molecule has 2 heterocycles. The fourth-order valence-electron chi connectivity index (χ4n) is 1.17. The number of nitrogens with zero attached hydrogens (tertiary/aromatic N) is 3. The van der Waals surface area contributed by atoms with Crippen molar-refractivity contribution in [3.8, 4) is 5.75 Å². The Bertz CT molecular complexity index is 512. The standard InChI is InChI=1S/C9H8N3O3.Rf/c1-2-15-9(14)6-5-11-12-4-3-10-8(12)7(6)13;/h4-5,13H,2H2,1H3;/q-1;. The van der Waals surface area contributed by atoms with Gasteiger partial charge in [0.05, 0.1) is 18.6 Å². The molecule has 16 heavy (non-hydrogen) atoms. The summed E-state index contributed by atoms with van der Waals surface area (Å²) in [5, 5.41) is 13.6. The predicted octanol–water partition coefficient (Wildman–Crippen LogP) is 0.412. The van der Waals surface area contributed by atoms with Gasteiger partial charge in [-0.2, -0.15) is 5.10 Å². The van der Waals surface area contributed by atoms with Crippen LogP contribution in [0.15, 0.2) is 12.4 Å². The van der Waals surface area contributed by atoms with Crippen LogP contribution in [0, 0.1) is 6.20 Å². The molecule has 2 rings (SSSR count). The Kier molecular flexibility index (Phi) is 2.71. The fourth-order valence-corrected chi connectivity index (χ4v) is 1.17. The van der Waals surface area contributed by atoms with E-state index < -0.39 is 5.97 Å². The molecule has 0 unspecified atom stereocenters. The molecule has 0 saturated heterocycles. The summed E-state index contributed by atoms with van der Waals surface area (Å²) in [6.07, 6.45) is 5.20. The first-order valence-electron chi connectivity index (χ1n) is 4.34. The van der Waals surface area contributed by atoms with Gasteiger partial charge >= 0.3 is 5.97 Å². The van der Waals surface area contributed by atoms with Crippen LogP contribution in [0.3, 0.4) is 0 Å². The normalized spacial score (nSPS) is 9.81. The van der Waals surface area contributed by atoms with Crippen LogP contribution in [0.2, 0.25) is 0 Å². The number of carbonyl (C=O) groups is 1. The van der Waals surface area contributed by atoms with Gasteiger partial charge in [0, 0.05) is 5.65 Å². The Morgan fingerprint density at radius 3 is 3.12 bits per heavy atom. The van der Waals surface area contributed by atoms with E-state index in [-0.39, 0.29) is 23.6 Å². The number of imidazole rings is 1. The third kappa shape index (κ3) is 1.47. The molecule has 6 nitrogen and oxygen atoms in total. The van der Waals surface area contributed by atoms with Gasteiger partial charge in [0.15, 0.2) is 0 Å². The number of aromatic nitrogens is 3. The minimum Gasteiger partial charge on any atom is -0.522 e. The van der Waals surface area contributed by atoms with Gasteiger partial charge in [0.25, 0.3) is 0 Å². The quantitative estimate of drug-likeness (QED) is 0.506.